The van der Waals surface area contributed by atoms with E-state index in [9.17, 15) is 14.3 Å². The molecule has 0 unspecified atom stereocenters. The maximum Gasteiger partial charge on any atom is 0.335 e. The van der Waals surface area contributed by atoms with Gasteiger partial charge in [0.25, 0.3) is 0 Å². The van der Waals surface area contributed by atoms with Crippen molar-refractivity contribution < 1.29 is 18.7 Å². The second-order valence-corrected chi connectivity index (χ2v) is 7.89. The Hall–Kier alpha value is -3.41. The number of piperidine rings is 1. The molecular weight excluding hydrogens is 383 g/mol. The van der Waals surface area contributed by atoms with Gasteiger partial charge in [0.05, 0.1) is 28.5 Å². The number of hydrogen-bond donors (Lipinski definition) is 1. The van der Waals surface area contributed by atoms with Gasteiger partial charge in [-0.25, -0.2) is 9.18 Å². The van der Waals surface area contributed by atoms with Crippen LogP contribution in [0.2, 0.25) is 0 Å². The van der Waals surface area contributed by atoms with Gasteiger partial charge in [-0.3, -0.25) is 4.98 Å². The minimum absolute atomic E-state index is 0.191. The van der Waals surface area contributed by atoms with Crippen molar-refractivity contribution in [1.82, 2.24) is 4.98 Å². The van der Waals surface area contributed by atoms with Crippen molar-refractivity contribution in [3.8, 4) is 11.3 Å². The molecule has 0 radical (unpaired) electrons. The number of anilines is 1. The Morgan fingerprint density at radius 3 is 2.87 bits per heavy atom. The Labute approximate surface area is 172 Å². The first kappa shape index (κ1) is 18.6. The largest absolute Gasteiger partial charge is 0.478 e. The number of hydrogen-bond acceptors (Lipinski definition) is 4. The third-order valence-corrected chi connectivity index (χ3v) is 5.94. The molecule has 1 aliphatic rings. The fourth-order valence-electron chi connectivity index (χ4n) is 4.38. The highest BCUT2D eigenvalue weighted by molar-refractivity contribution is 6.04. The quantitative estimate of drug-likeness (QED) is 0.463. The van der Waals surface area contributed by atoms with Crippen LogP contribution in [0.3, 0.4) is 0 Å². The molecule has 152 valence electrons. The lowest BCUT2D eigenvalue weighted by molar-refractivity contribution is 0.0697. The molecule has 1 atom stereocenters. The van der Waals surface area contributed by atoms with Crippen LogP contribution in [0.25, 0.3) is 33.2 Å². The highest BCUT2D eigenvalue weighted by Gasteiger charge is 2.25. The third kappa shape index (κ3) is 3.09. The normalized spacial score (nSPS) is 17.0. The maximum absolute atomic E-state index is 13.7. The fourth-order valence-corrected chi connectivity index (χ4v) is 4.38. The first-order valence-corrected chi connectivity index (χ1v) is 10.1. The van der Waals surface area contributed by atoms with Gasteiger partial charge >= 0.3 is 5.97 Å². The van der Waals surface area contributed by atoms with Crippen LogP contribution < -0.4 is 4.90 Å². The molecule has 0 amide bonds. The second kappa shape index (κ2) is 7.13. The van der Waals surface area contributed by atoms with E-state index in [2.05, 4.69) is 16.8 Å². The van der Waals surface area contributed by atoms with Crippen LogP contribution in [-0.4, -0.2) is 28.6 Å². The van der Waals surface area contributed by atoms with Gasteiger partial charge < -0.3 is 14.4 Å². The molecule has 1 N–H and O–H groups in total. The summed E-state index contributed by atoms with van der Waals surface area (Å²) in [5.74, 6) is -0.773. The van der Waals surface area contributed by atoms with Crippen LogP contribution in [-0.2, 0) is 0 Å². The van der Waals surface area contributed by atoms with Gasteiger partial charge in [-0.2, -0.15) is 0 Å². The Morgan fingerprint density at radius 1 is 1.20 bits per heavy atom. The van der Waals surface area contributed by atoms with Crippen molar-refractivity contribution >= 4 is 33.5 Å². The lowest BCUT2D eigenvalue weighted by Crippen LogP contribution is -2.37. The number of carbonyl (C=O) groups is 1. The van der Waals surface area contributed by atoms with Crippen molar-refractivity contribution in [3.63, 3.8) is 0 Å². The van der Waals surface area contributed by atoms with E-state index in [1.54, 1.807) is 24.3 Å². The SMILES string of the molecule is C[C@H]1CCCCN1c1cnc2ccc(C(=O)O)cc2c1-c1cc2ccc(F)cc2o1. The lowest BCUT2D eigenvalue weighted by atomic mass is 9.98. The van der Waals surface area contributed by atoms with Crippen LogP contribution >= 0.6 is 0 Å². The molecule has 2 aromatic heterocycles. The average Bonchev–Trinajstić information content (AvgIpc) is 3.15. The summed E-state index contributed by atoms with van der Waals surface area (Å²) in [6, 6.07) is 11.6. The highest BCUT2D eigenvalue weighted by atomic mass is 19.1. The number of halogens is 1. The van der Waals surface area contributed by atoms with Crippen molar-refractivity contribution in [2.45, 2.75) is 32.2 Å². The first-order chi connectivity index (χ1) is 14.5. The topological polar surface area (TPSA) is 66.6 Å². The molecule has 5 nitrogen and oxygen atoms in total. The molecule has 30 heavy (non-hydrogen) atoms. The summed E-state index contributed by atoms with van der Waals surface area (Å²) in [6.45, 7) is 3.09. The van der Waals surface area contributed by atoms with E-state index in [1.807, 2.05) is 12.3 Å². The van der Waals surface area contributed by atoms with E-state index in [0.29, 0.717) is 28.3 Å². The zero-order valence-corrected chi connectivity index (χ0v) is 16.6. The molecule has 2 aromatic carbocycles. The Balaban J connectivity index is 1.81. The van der Waals surface area contributed by atoms with Crippen LogP contribution in [0.4, 0.5) is 10.1 Å². The molecule has 4 aromatic rings. The second-order valence-electron chi connectivity index (χ2n) is 7.89. The molecule has 6 heteroatoms. The van der Waals surface area contributed by atoms with E-state index in [-0.39, 0.29) is 11.4 Å². The van der Waals surface area contributed by atoms with Gasteiger partial charge in [0.2, 0.25) is 0 Å². The minimum atomic E-state index is -0.994. The Kier molecular flexibility index (Phi) is 4.42. The molecular formula is C24H21FN2O3. The number of pyridine rings is 1. The number of benzene rings is 2. The van der Waals surface area contributed by atoms with Gasteiger partial charge in [-0.1, -0.05) is 0 Å². The van der Waals surface area contributed by atoms with E-state index < -0.39 is 5.97 Å². The van der Waals surface area contributed by atoms with Gasteiger partial charge in [0.15, 0.2) is 0 Å². The fraction of sp³-hybridized carbons (Fsp3) is 0.250. The molecule has 1 saturated heterocycles. The van der Waals surface area contributed by atoms with Crippen molar-refractivity contribution in [3.05, 3.63) is 60.0 Å². The monoisotopic (exact) mass is 404 g/mol. The summed E-state index contributed by atoms with van der Waals surface area (Å²) in [5, 5.41) is 11.0. The third-order valence-electron chi connectivity index (χ3n) is 5.94. The van der Waals surface area contributed by atoms with Gasteiger partial charge in [-0.05, 0) is 62.6 Å². The molecule has 0 bridgehead atoms. The summed E-state index contributed by atoms with van der Waals surface area (Å²) in [7, 11) is 0. The molecule has 0 spiro atoms. The molecule has 0 saturated carbocycles. The van der Waals surface area contributed by atoms with Crippen molar-refractivity contribution in [1.29, 1.82) is 0 Å². The van der Waals surface area contributed by atoms with Crippen LogP contribution in [0, 0.1) is 5.82 Å². The Morgan fingerprint density at radius 2 is 2.07 bits per heavy atom. The Bertz CT molecular complexity index is 1280. The lowest BCUT2D eigenvalue weighted by Gasteiger charge is -2.36. The van der Waals surface area contributed by atoms with E-state index in [4.69, 9.17) is 4.42 Å². The number of fused-ring (bicyclic) bond motifs is 2. The number of rotatable bonds is 3. The zero-order valence-electron chi connectivity index (χ0n) is 16.6. The maximum atomic E-state index is 13.7. The number of carboxylic acid groups (broad SMARTS) is 1. The summed E-state index contributed by atoms with van der Waals surface area (Å²) < 4.78 is 19.8. The van der Waals surface area contributed by atoms with Gasteiger partial charge in [-0.15, -0.1) is 0 Å². The smallest absolute Gasteiger partial charge is 0.335 e. The molecule has 3 heterocycles. The van der Waals surface area contributed by atoms with Crippen LogP contribution in [0.5, 0.6) is 0 Å². The summed E-state index contributed by atoms with van der Waals surface area (Å²) in [5.41, 5.74) is 3.05. The average molecular weight is 404 g/mol. The van der Waals surface area contributed by atoms with Gasteiger partial charge in [0.1, 0.15) is 17.2 Å². The molecule has 5 rings (SSSR count). The summed E-state index contributed by atoms with van der Waals surface area (Å²) in [4.78, 5) is 18.5. The standard InChI is InChI=1S/C24H21FN2O3/c1-14-4-2-3-9-27(14)20-13-26-19-8-6-16(24(28)29)10-18(19)23(20)22-11-15-5-7-17(25)12-21(15)30-22/h5-8,10-14H,2-4,9H2,1H3,(H,28,29)/t14-/m0/s1. The summed E-state index contributed by atoms with van der Waals surface area (Å²) in [6.07, 6.45) is 5.19. The van der Waals surface area contributed by atoms with Gasteiger partial charge in [0, 0.05) is 29.4 Å². The predicted octanol–water partition coefficient (Wildman–Crippen LogP) is 5.86. The molecule has 1 fully saturated rings. The van der Waals surface area contributed by atoms with E-state index >= 15 is 0 Å². The van der Waals surface area contributed by atoms with Crippen LogP contribution in [0.1, 0.15) is 36.5 Å². The predicted molar refractivity (Wildman–Crippen MR) is 115 cm³/mol. The van der Waals surface area contributed by atoms with Crippen LogP contribution in [0.15, 0.2) is 53.1 Å². The number of furan rings is 1. The van der Waals surface area contributed by atoms with E-state index in [0.717, 1.165) is 36.0 Å². The number of aromatic nitrogens is 1. The first-order valence-electron chi connectivity index (χ1n) is 10.1. The molecule has 1 aliphatic heterocycles. The number of aromatic carboxylic acids is 1. The van der Waals surface area contributed by atoms with Crippen molar-refractivity contribution in [2.75, 3.05) is 11.4 Å². The minimum Gasteiger partial charge on any atom is -0.478 e. The van der Waals surface area contributed by atoms with Crippen molar-refractivity contribution in [2.24, 2.45) is 0 Å². The number of carboxylic acids is 1. The zero-order chi connectivity index (χ0) is 20.8. The number of nitrogens with zero attached hydrogens (tertiary/aromatic N) is 2. The summed E-state index contributed by atoms with van der Waals surface area (Å²) >= 11 is 0. The van der Waals surface area contributed by atoms with E-state index in [1.165, 1.54) is 18.6 Å². The molecule has 0 aliphatic carbocycles. The highest BCUT2D eigenvalue weighted by Crippen LogP contribution is 2.41.